The van der Waals surface area contributed by atoms with Crippen molar-refractivity contribution in [3.8, 4) is 39.1 Å². The van der Waals surface area contributed by atoms with Gasteiger partial charge in [0.25, 0.3) is 0 Å². The SMILES string of the molecule is c1ccc(-n2c3ccccc3c3cc(-c4cccc(-c5c6ccccc6c(-c6ccc7c(c6)oc6cc8ccccc8cc67)c6ccccc56)c4)ccc32)cc1. The molecule has 0 aliphatic carbocycles. The van der Waals surface area contributed by atoms with E-state index < -0.39 is 0 Å². The number of aromatic nitrogens is 1. The van der Waals surface area contributed by atoms with Crippen molar-refractivity contribution in [3.05, 3.63) is 200 Å². The first-order valence-corrected chi connectivity index (χ1v) is 19.3. The molecule has 2 nitrogen and oxygen atoms in total. The smallest absolute Gasteiger partial charge is 0.136 e. The third-order valence-electron chi connectivity index (χ3n) is 11.7. The highest BCUT2D eigenvalue weighted by molar-refractivity contribution is 6.22. The van der Waals surface area contributed by atoms with Crippen LogP contribution >= 0.6 is 0 Å². The Morgan fingerprint density at radius 3 is 1.55 bits per heavy atom. The Morgan fingerprint density at radius 1 is 0.286 bits per heavy atom. The summed E-state index contributed by atoms with van der Waals surface area (Å²) in [7, 11) is 0. The summed E-state index contributed by atoms with van der Waals surface area (Å²) in [6, 6.07) is 72.8. The van der Waals surface area contributed by atoms with E-state index in [0.717, 1.165) is 27.5 Å². The first kappa shape index (κ1) is 31.0. The summed E-state index contributed by atoms with van der Waals surface area (Å²) in [5.41, 5.74) is 12.6. The van der Waals surface area contributed by atoms with Crippen LogP contribution in [-0.2, 0) is 0 Å². The molecule has 0 saturated heterocycles. The fourth-order valence-electron chi connectivity index (χ4n) is 9.23. The van der Waals surface area contributed by atoms with Crippen molar-refractivity contribution in [2.45, 2.75) is 0 Å². The maximum absolute atomic E-state index is 6.57. The van der Waals surface area contributed by atoms with E-state index in [9.17, 15) is 0 Å². The summed E-state index contributed by atoms with van der Waals surface area (Å²) < 4.78 is 8.94. The lowest BCUT2D eigenvalue weighted by Crippen LogP contribution is -1.93. The van der Waals surface area contributed by atoms with Crippen molar-refractivity contribution in [1.29, 1.82) is 0 Å². The summed E-state index contributed by atoms with van der Waals surface area (Å²) in [6.07, 6.45) is 0. The van der Waals surface area contributed by atoms with Crippen molar-refractivity contribution in [3.63, 3.8) is 0 Å². The monoisotopic (exact) mass is 711 g/mol. The molecule has 56 heavy (non-hydrogen) atoms. The van der Waals surface area contributed by atoms with Crippen LogP contribution in [-0.4, -0.2) is 4.57 Å². The van der Waals surface area contributed by atoms with Gasteiger partial charge in [-0.1, -0.05) is 140 Å². The molecule has 2 heterocycles. The Hall–Kier alpha value is -7.42. The molecule has 0 saturated carbocycles. The quantitative estimate of drug-likeness (QED) is 0.166. The zero-order valence-corrected chi connectivity index (χ0v) is 30.4. The minimum atomic E-state index is 0.904. The summed E-state index contributed by atoms with van der Waals surface area (Å²) in [5, 5.41) is 12.1. The molecule has 10 aromatic carbocycles. The molecule has 0 spiro atoms. The average molecular weight is 712 g/mol. The second kappa shape index (κ2) is 12.0. The molecule has 12 rings (SSSR count). The summed E-state index contributed by atoms with van der Waals surface area (Å²) in [6.45, 7) is 0. The van der Waals surface area contributed by atoms with Gasteiger partial charge in [0.05, 0.1) is 11.0 Å². The van der Waals surface area contributed by atoms with Gasteiger partial charge in [-0.25, -0.2) is 0 Å². The highest BCUT2D eigenvalue weighted by Gasteiger charge is 2.19. The van der Waals surface area contributed by atoms with Gasteiger partial charge in [0.15, 0.2) is 0 Å². The Labute approximate surface area is 323 Å². The van der Waals surface area contributed by atoms with E-state index in [0.29, 0.717) is 0 Å². The molecule has 0 N–H and O–H groups in total. The zero-order chi connectivity index (χ0) is 36.7. The minimum Gasteiger partial charge on any atom is -0.456 e. The van der Waals surface area contributed by atoms with Gasteiger partial charge in [0.1, 0.15) is 11.2 Å². The van der Waals surface area contributed by atoms with Gasteiger partial charge in [-0.2, -0.15) is 0 Å². The molecule has 0 unspecified atom stereocenters. The molecule has 0 atom stereocenters. The lowest BCUT2D eigenvalue weighted by molar-refractivity contribution is 0.669. The molecular weight excluding hydrogens is 679 g/mol. The molecule has 12 aromatic rings. The molecule has 0 aliphatic heterocycles. The number of hydrogen-bond donors (Lipinski definition) is 0. The number of fused-ring (bicyclic) bond motifs is 9. The molecule has 2 heteroatoms. The fraction of sp³-hybridized carbons (Fsp3) is 0. The Balaban J connectivity index is 1.03. The second-order valence-electron chi connectivity index (χ2n) is 14.9. The van der Waals surface area contributed by atoms with Crippen molar-refractivity contribution < 1.29 is 4.42 Å². The van der Waals surface area contributed by atoms with Gasteiger partial charge in [0.2, 0.25) is 0 Å². The van der Waals surface area contributed by atoms with E-state index in [4.69, 9.17) is 4.42 Å². The summed E-state index contributed by atoms with van der Waals surface area (Å²) in [5.74, 6) is 0. The first-order valence-electron chi connectivity index (χ1n) is 19.3. The highest BCUT2D eigenvalue weighted by atomic mass is 16.3. The predicted octanol–water partition coefficient (Wildman–Crippen LogP) is 15.1. The van der Waals surface area contributed by atoms with Crippen LogP contribution in [0.3, 0.4) is 0 Å². The van der Waals surface area contributed by atoms with Crippen molar-refractivity contribution in [2.24, 2.45) is 0 Å². The molecule has 0 bridgehead atoms. The van der Waals surface area contributed by atoms with E-state index in [1.54, 1.807) is 0 Å². The van der Waals surface area contributed by atoms with Crippen LogP contribution in [0.25, 0.3) is 115 Å². The number of hydrogen-bond acceptors (Lipinski definition) is 1. The lowest BCUT2D eigenvalue weighted by atomic mass is 9.85. The third-order valence-corrected chi connectivity index (χ3v) is 11.7. The van der Waals surface area contributed by atoms with Crippen LogP contribution in [0.5, 0.6) is 0 Å². The molecule has 2 aromatic heterocycles. The third kappa shape index (κ3) is 4.63. The minimum absolute atomic E-state index is 0.904. The number of furan rings is 1. The van der Waals surface area contributed by atoms with E-state index >= 15 is 0 Å². The van der Waals surface area contributed by atoms with Crippen LogP contribution < -0.4 is 0 Å². The molecule has 0 fully saturated rings. The first-order chi connectivity index (χ1) is 27.8. The highest BCUT2D eigenvalue weighted by Crippen LogP contribution is 2.46. The number of rotatable bonds is 4. The Kier molecular flexibility index (Phi) is 6.66. The predicted molar refractivity (Wildman–Crippen MR) is 237 cm³/mol. The van der Waals surface area contributed by atoms with Gasteiger partial charge >= 0.3 is 0 Å². The molecular formula is C54H33NO. The topological polar surface area (TPSA) is 18.1 Å². The maximum atomic E-state index is 6.57. The van der Waals surface area contributed by atoms with Crippen LogP contribution in [0.4, 0.5) is 0 Å². The van der Waals surface area contributed by atoms with Crippen molar-refractivity contribution >= 4 is 76.1 Å². The number of nitrogens with zero attached hydrogens (tertiary/aromatic N) is 1. The van der Waals surface area contributed by atoms with Gasteiger partial charge in [0, 0.05) is 27.2 Å². The average Bonchev–Trinajstić information content (AvgIpc) is 3.79. The Bertz CT molecular complexity index is 3470. The molecule has 0 radical (unpaired) electrons. The van der Waals surface area contributed by atoms with Gasteiger partial charge in [-0.15, -0.1) is 0 Å². The van der Waals surface area contributed by atoms with Crippen molar-refractivity contribution in [2.75, 3.05) is 0 Å². The van der Waals surface area contributed by atoms with E-state index in [2.05, 4.69) is 205 Å². The van der Waals surface area contributed by atoms with E-state index in [1.807, 2.05) is 0 Å². The fourth-order valence-corrected chi connectivity index (χ4v) is 9.23. The van der Waals surface area contributed by atoms with Crippen LogP contribution in [0.1, 0.15) is 0 Å². The van der Waals surface area contributed by atoms with E-state index in [-0.39, 0.29) is 0 Å². The Morgan fingerprint density at radius 2 is 0.821 bits per heavy atom. The summed E-state index contributed by atoms with van der Waals surface area (Å²) >= 11 is 0. The molecule has 0 aliphatic rings. The normalized spacial score (nSPS) is 11.9. The zero-order valence-electron chi connectivity index (χ0n) is 30.4. The number of para-hydroxylation sites is 2. The van der Waals surface area contributed by atoms with Gasteiger partial charge in [-0.3, -0.25) is 0 Å². The second-order valence-corrected chi connectivity index (χ2v) is 14.9. The standard InChI is InChI=1S/C54H33NO/c1-2-17-40(18-3-1)55-49-24-11-10-19-41(49)47-30-37(26-28-50(47)55)34-15-12-16-38(29-34)53-43-20-6-8-22-45(43)54(46-23-9-7-21-44(46)53)39-25-27-42-48-31-35-13-4-5-14-36(35)32-52(48)56-51(42)33-39/h1-33H. The van der Waals surface area contributed by atoms with E-state index in [1.165, 1.54) is 87.6 Å². The molecule has 260 valence electrons. The van der Waals surface area contributed by atoms with Crippen LogP contribution in [0.15, 0.2) is 205 Å². The van der Waals surface area contributed by atoms with Gasteiger partial charge in [-0.05, 0) is 126 Å². The van der Waals surface area contributed by atoms with Crippen molar-refractivity contribution in [1.82, 2.24) is 4.57 Å². The van der Waals surface area contributed by atoms with Gasteiger partial charge < -0.3 is 8.98 Å². The number of benzene rings is 10. The lowest BCUT2D eigenvalue weighted by Gasteiger charge is -2.18. The summed E-state index contributed by atoms with van der Waals surface area (Å²) in [4.78, 5) is 0. The maximum Gasteiger partial charge on any atom is 0.136 e. The van der Waals surface area contributed by atoms with Crippen LogP contribution in [0, 0.1) is 0 Å². The van der Waals surface area contributed by atoms with Crippen LogP contribution in [0.2, 0.25) is 0 Å². The largest absolute Gasteiger partial charge is 0.456 e. The molecule has 0 amide bonds.